The fraction of sp³-hybridized carbons (Fsp3) is 0.478. The van der Waals surface area contributed by atoms with Gasteiger partial charge < -0.3 is 5.32 Å². The van der Waals surface area contributed by atoms with E-state index < -0.39 is 0 Å². The summed E-state index contributed by atoms with van der Waals surface area (Å²) in [6.45, 7) is 18.3. The van der Waals surface area contributed by atoms with Gasteiger partial charge in [-0.25, -0.2) is 0 Å². The van der Waals surface area contributed by atoms with Crippen LogP contribution in [0.4, 0.5) is 0 Å². The zero-order chi connectivity index (χ0) is 20.6. The number of nitrogens with one attached hydrogen (secondary N) is 1. The largest absolute Gasteiger partial charge is 0.348 e. The SMILES string of the molecule is C=CNC(C=C)=NCC[C@@H](C(C)=O)N(C)C(C)c1ccc(C(C)(C)C)cc1. The zero-order valence-electron chi connectivity index (χ0n) is 17.7. The Balaban J connectivity index is 2.87. The van der Waals surface area contributed by atoms with Gasteiger partial charge in [0.05, 0.1) is 6.04 Å². The number of carbonyl (C=O) groups excluding carboxylic acids is 1. The van der Waals surface area contributed by atoms with Crippen molar-refractivity contribution in [2.45, 2.75) is 58.5 Å². The fourth-order valence-corrected chi connectivity index (χ4v) is 3.04. The second kappa shape index (κ2) is 10.2. The van der Waals surface area contributed by atoms with Crippen LogP contribution in [0.15, 0.2) is 54.7 Å². The van der Waals surface area contributed by atoms with Crippen LogP contribution in [0.25, 0.3) is 0 Å². The molecule has 0 radical (unpaired) electrons. The molecule has 0 aliphatic heterocycles. The topological polar surface area (TPSA) is 44.7 Å². The molecule has 1 aromatic carbocycles. The summed E-state index contributed by atoms with van der Waals surface area (Å²) in [7, 11) is 2.01. The number of likely N-dealkylation sites (N-methyl/N-ethyl adjacent to an activating group) is 1. The van der Waals surface area contributed by atoms with Crippen molar-refractivity contribution in [3.8, 4) is 0 Å². The van der Waals surface area contributed by atoms with Gasteiger partial charge in [0.15, 0.2) is 0 Å². The number of ketones is 1. The molecule has 0 amide bonds. The van der Waals surface area contributed by atoms with Crippen LogP contribution in [-0.4, -0.2) is 36.2 Å². The summed E-state index contributed by atoms with van der Waals surface area (Å²) < 4.78 is 0. The van der Waals surface area contributed by atoms with E-state index in [0.717, 1.165) is 0 Å². The van der Waals surface area contributed by atoms with Gasteiger partial charge in [-0.3, -0.25) is 14.7 Å². The summed E-state index contributed by atoms with van der Waals surface area (Å²) >= 11 is 0. The van der Waals surface area contributed by atoms with Crippen LogP contribution in [0.2, 0.25) is 0 Å². The highest BCUT2D eigenvalue weighted by atomic mass is 16.1. The van der Waals surface area contributed by atoms with Gasteiger partial charge in [0.25, 0.3) is 0 Å². The zero-order valence-corrected chi connectivity index (χ0v) is 17.7. The molecule has 0 aromatic heterocycles. The van der Waals surface area contributed by atoms with Crippen LogP contribution in [0.1, 0.15) is 58.2 Å². The molecule has 27 heavy (non-hydrogen) atoms. The first kappa shape index (κ1) is 22.8. The molecular formula is C23H35N3O. The minimum atomic E-state index is -0.180. The van der Waals surface area contributed by atoms with Crippen molar-refractivity contribution >= 4 is 11.6 Å². The Labute approximate surface area is 165 Å². The Morgan fingerprint density at radius 3 is 2.30 bits per heavy atom. The normalized spacial score (nSPS) is 14.6. The molecule has 1 N–H and O–H groups in total. The van der Waals surface area contributed by atoms with E-state index in [-0.39, 0.29) is 23.3 Å². The molecule has 1 rings (SSSR count). The van der Waals surface area contributed by atoms with Gasteiger partial charge in [0.1, 0.15) is 11.6 Å². The van der Waals surface area contributed by atoms with Gasteiger partial charge in [0, 0.05) is 12.6 Å². The molecule has 0 fully saturated rings. The van der Waals surface area contributed by atoms with E-state index in [9.17, 15) is 4.79 Å². The average Bonchev–Trinajstić information content (AvgIpc) is 2.62. The second-order valence-electron chi connectivity index (χ2n) is 7.95. The van der Waals surface area contributed by atoms with Gasteiger partial charge in [-0.1, -0.05) is 58.2 Å². The molecule has 2 atom stereocenters. The molecular weight excluding hydrogens is 334 g/mol. The number of benzene rings is 1. The molecule has 1 aromatic rings. The summed E-state index contributed by atoms with van der Waals surface area (Å²) in [6.07, 6.45) is 3.87. The molecule has 4 nitrogen and oxygen atoms in total. The molecule has 1 unspecified atom stereocenters. The highest BCUT2D eigenvalue weighted by molar-refractivity contribution is 5.93. The lowest BCUT2D eigenvalue weighted by Gasteiger charge is -2.32. The van der Waals surface area contributed by atoms with Crippen molar-refractivity contribution in [3.63, 3.8) is 0 Å². The highest BCUT2D eigenvalue weighted by Gasteiger charge is 2.24. The molecule has 0 bridgehead atoms. The molecule has 4 heteroatoms. The number of nitrogens with zero attached hydrogens (tertiary/aromatic N) is 2. The van der Waals surface area contributed by atoms with Crippen molar-refractivity contribution < 1.29 is 4.79 Å². The van der Waals surface area contributed by atoms with Crippen LogP contribution < -0.4 is 5.32 Å². The summed E-state index contributed by atoms with van der Waals surface area (Å²) in [5.74, 6) is 0.823. The Bertz CT molecular complexity index is 668. The number of carbonyl (C=O) groups is 1. The predicted molar refractivity (Wildman–Crippen MR) is 116 cm³/mol. The minimum Gasteiger partial charge on any atom is -0.348 e. The van der Waals surface area contributed by atoms with Crippen LogP contribution in [-0.2, 0) is 10.2 Å². The molecule has 0 spiro atoms. The Morgan fingerprint density at radius 1 is 1.26 bits per heavy atom. The average molecular weight is 370 g/mol. The predicted octanol–water partition coefficient (Wildman–Crippen LogP) is 4.64. The van der Waals surface area contributed by atoms with Crippen LogP contribution in [0.5, 0.6) is 0 Å². The Morgan fingerprint density at radius 2 is 1.85 bits per heavy atom. The van der Waals surface area contributed by atoms with Crippen LogP contribution in [0.3, 0.4) is 0 Å². The summed E-state index contributed by atoms with van der Waals surface area (Å²) in [5, 5.41) is 2.93. The summed E-state index contributed by atoms with van der Waals surface area (Å²) in [4.78, 5) is 18.8. The first-order valence-electron chi connectivity index (χ1n) is 9.49. The number of hydrogen-bond donors (Lipinski definition) is 1. The van der Waals surface area contributed by atoms with E-state index >= 15 is 0 Å². The van der Waals surface area contributed by atoms with Gasteiger partial charge in [-0.05, 0) is 56.1 Å². The molecule has 0 aliphatic rings. The van der Waals surface area contributed by atoms with Crippen molar-refractivity contribution in [3.05, 3.63) is 60.8 Å². The lowest BCUT2D eigenvalue weighted by molar-refractivity contribution is -0.122. The van der Waals surface area contributed by atoms with E-state index in [2.05, 4.69) is 80.3 Å². The summed E-state index contributed by atoms with van der Waals surface area (Å²) in [5.41, 5.74) is 2.65. The maximum absolute atomic E-state index is 12.2. The summed E-state index contributed by atoms with van der Waals surface area (Å²) in [6, 6.07) is 8.67. The molecule has 0 aliphatic carbocycles. The maximum atomic E-state index is 12.2. The van der Waals surface area contributed by atoms with Gasteiger partial charge >= 0.3 is 0 Å². The highest BCUT2D eigenvalue weighted by Crippen LogP contribution is 2.27. The van der Waals surface area contributed by atoms with Crippen molar-refractivity contribution in [2.75, 3.05) is 13.6 Å². The first-order chi connectivity index (χ1) is 12.6. The Kier molecular flexibility index (Phi) is 8.64. The number of Topliss-reactive ketones (excluding diaryl/α,β-unsaturated/α-hetero) is 1. The van der Waals surface area contributed by atoms with Crippen LogP contribution in [0, 0.1) is 0 Å². The van der Waals surface area contributed by atoms with E-state index in [4.69, 9.17) is 0 Å². The monoisotopic (exact) mass is 369 g/mol. The molecule has 0 heterocycles. The standard InChI is InChI=1S/C23H35N3O/c1-9-22(24-10-2)25-16-15-21(18(4)27)26(8)17(3)19-11-13-20(14-12-19)23(5,6)7/h9-14,17,21H,1-2,15-16H2,3-8H3,(H,24,25)/t17?,21-/m0/s1. The van der Waals surface area contributed by atoms with Gasteiger partial charge in [-0.2, -0.15) is 0 Å². The van der Waals surface area contributed by atoms with Gasteiger partial charge in [-0.15, -0.1) is 0 Å². The smallest absolute Gasteiger partial charge is 0.146 e. The van der Waals surface area contributed by atoms with Crippen molar-refractivity contribution in [1.82, 2.24) is 10.2 Å². The second-order valence-corrected chi connectivity index (χ2v) is 7.95. The minimum absolute atomic E-state index is 0.135. The third-order valence-electron chi connectivity index (χ3n) is 4.96. The van der Waals surface area contributed by atoms with E-state index in [1.54, 1.807) is 19.2 Å². The lowest BCUT2D eigenvalue weighted by Crippen LogP contribution is -2.39. The van der Waals surface area contributed by atoms with Crippen molar-refractivity contribution in [2.24, 2.45) is 4.99 Å². The molecule has 0 saturated heterocycles. The molecule has 0 saturated carbocycles. The van der Waals surface area contributed by atoms with E-state index in [1.165, 1.54) is 11.1 Å². The Hall–Kier alpha value is -2.20. The number of amidine groups is 1. The fourth-order valence-electron chi connectivity index (χ4n) is 3.04. The third kappa shape index (κ3) is 6.79. The quantitative estimate of drug-likeness (QED) is 0.509. The van der Waals surface area contributed by atoms with Crippen molar-refractivity contribution in [1.29, 1.82) is 0 Å². The number of rotatable bonds is 9. The molecule has 148 valence electrons. The number of hydrogen-bond acceptors (Lipinski definition) is 3. The van der Waals surface area contributed by atoms with E-state index in [0.29, 0.717) is 18.8 Å². The maximum Gasteiger partial charge on any atom is 0.146 e. The third-order valence-corrected chi connectivity index (χ3v) is 4.96. The van der Waals surface area contributed by atoms with E-state index in [1.807, 2.05) is 7.05 Å². The van der Waals surface area contributed by atoms with Crippen LogP contribution >= 0.6 is 0 Å². The number of aliphatic imine (C=N–C) groups is 1. The lowest BCUT2D eigenvalue weighted by atomic mass is 9.86. The van der Waals surface area contributed by atoms with Gasteiger partial charge in [0.2, 0.25) is 0 Å². The first-order valence-corrected chi connectivity index (χ1v) is 9.49.